The topological polar surface area (TPSA) is 63.4 Å². The lowest BCUT2D eigenvalue weighted by molar-refractivity contribution is 0.113. The van der Waals surface area contributed by atoms with Gasteiger partial charge in [-0.25, -0.2) is 0 Å². The molecule has 1 aromatic heterocycles. The molecule has 1 aliphatic heterocycles. The van der Waals surface area contributed by atoms with Gasteiger partial charge in [0.25, 0.3) is 0 Å². The van der Waals surface area contributed by atoms with E-state index in [-0.39, 0.29) is 12.1 Å². The fraction of sp³-hybridized carbons (Fsp3) is 0.500. The molecule has 0 unspecified atom stereocenters. The quantitative estimate of drug-likeness (QED) is 0.750. The highest BCUT2D eigenvalue weighted by Crippen LogP contribution is 2.21. The number of aromatic nitrogens is 2. The van der Waals surface area contributed by atoms with Crippen LogP contribution in [0.3, 0.4) is 0 Å². The second-order valence-electron chi connectivity index (χ2n) is 6.55. The highest BCUT2D eigenvalue weighted by molar-refractivity contribution is 7.80. The first-order chi connectivity index (χ1) is 12.5. The van der Waals surface area contributed by atoms with Crippen molar-refractivity contribution in [3.63, 3.8) is 0 Å². The molecule has 1 atom stereocenters. The zero-order chi connectivity index (χ0) is 18.5. The van der Waals surface area contributed by atoms with Gasteiger partial charge in [0, 0.05) is 29.8 Å². The molecule has 0 bridgehead atoms. The summed E-state index contributed by atoms with van der Waals surface area (Å²) in [5, 5.41) is 12.9. The van der Waals surface area contributed by atoms with E-state index in [9.17, 15) is 0 Å². The average Bonchev–Trinajstić information content (AvgIpc) is 3.30. The van der Waals surface area contributed by atoms with Crippen LogP contribution in [0.1, 0.15) is 32.6 Å². The Morgan fingerprint density at radius 1 is 1.35 bits per heavy atom. The van der Waals surface area contributed by atoms with Gasteiger partial charge in [-0.05, 0) is 63.2 Å². The van der Waals surface area contributed by atoms with Crippen LogP contribution in [-0.2, 0) is 11.3 Å². The summed E-state index contributed by atoms with van der Waals surface area (Å²) in [6.45, 7) is 6.17. The summed E-state index contributed by atoms with van der Waals surface area (Å²) in [5.41, 5.74) is 0.836. The van der Waals surface area contributed by atoms with E-state index in [1.54, 1.807) is 12.1 Å². The number of nitrogens with zero attached hydrogens (tertiary/aromatic N) is 3. The molecule has 2 heterocycles. The van der Waals surface area contributed by atoms with E-state index in [1.165, 1.54) is 0 Å². The minimum absolute atomic E-state index is 0.199. The Hall–Kier alpha value is -1.70. The van der Waals surface area contributed by atoms with Crippen molar-refractivity contribution in [3.8, 4) is 11.5 Å². The van der Waals surface area contributed by atoms with E-state index in [0.717, 1.165) is 31.6 Å². The lowest BCUT2D eigenvalue weighted by Gasteiger charge is -2.28. The standard InChI is InChI=1S/C18H23ClN4O2S/c1-12(2)23(18(26)20-10-15-4-3-9-24-15)11-16-21-22-17(25-16)13-5-7-14(19)8-6-13/h5-8,12,15H,3-4,9-11H2,1-2H3,(H,20,26)/t15-/m1/s1. The molecule has 3 rings (SSSR count). The Morgan fingerprint density at radius 2 is 2.12 bits per heavy atom. The molecule has 8 heteroatoms. The SMILES string of the molecule is CC(C)N(Cc1nnc(-c2ccc(Cl)cc2)o1)C(=S)NC[C@H]1CCCO1. The molecule has 0 spiro atoms. The first-order valence-corrected chi connectivity index (χ1v) is 9.56. The Morgan fingerprint density at radius 3 is 2.77 bits per heavy atom. The molecule has 1 fully saturated rings. The van der Waals surface area contributed by atoms with Crippen LogP contribution in [0.4, 0.5) is 0 Å². The van der Waals surface area contributed by atoms with E-state index >= 15 is 0 Å². The molecule has 0 amide bonds. The maximum atomic E-state index is 5.92. The van der Waals surface area contributed by atoms with Crippen molar-refractivity contribution in [2.75, 3.05) is 13.2 Å². The number of ether oxygens (including phenoxy) is 1. The van der Waals surface area contributed by atoms with Crippen molar-refractivity contribution >= 4 is 28.9 Å². The summed E-state index contributed by atoms with van der Waals surface area (Å²) in [5.74, 6) is 0.989. The molecule has 140 valence electrons. The first kappa shape index (κ1) is 19.1. The van der Waals surface area contributed by atoms with Crippen LogP contribution in [0.2, 0.25) is 5.02 Å². The van der Waals surface area contributed by atoms with Gasteiger partial charge in [0.15, 0.2) is 5.11 Å². The van der Waals surface area contributed by atoms with E-state index < -0.39 is 0 Å². The van der Waals surface area contributed by atoms with E-state index in [0.29, 0.717) is 28.5 Å². The molecule has 1 saturated heterocycles. The third kappa shape index (κ3) is 4.93. The lowest BCUT2D eigenvalue weighted by Crippen LogP contribution is -2.45. The van der Waals surface area contributed by atoms with Gasteiger partial charge in [0.2, 0.25) is 11.8 Å². The Balaban J connectivity index is 1.62. The second-order valence-corrected chi connectivity index (χ2v) is 7.37. The van der Waals surface area contributed by atoms with Gasteiger partial charge in [-0.3, -0.25) is 0 Å². The van der Waals surface area contributed by atoms with Gasteiger partial charge >= 0.3 is 0 Å². The molecule has 1 N–H and O–H groups in total. The van der Waals surface area contributed by atoms with E-state index in [1.807, 2.05) is 17.0 Å². The smallest absolute Gasteiger partial charge is 0.247 e. The minimum Gasteiger partial charge on any atom is -0.419 e. The van der Waals surface area contributed by atoms with Gasteiger partial charge in [0.1, 0.15) is 0 Å². The average molecular weight is 395 g/mol. The van der Waals surface area contributed by atoms with E-state index in [4.69, 9.17) is 33.0 Å². The van der Waals surface area contributed by atoms with Crippen LogP contribution >= 0.6 is 23.8 Å². The maximum absolute atomic E-state index is 5.92. The molecule has 0 aliphatic carbocycles. The summed E-state index contributed by atoms with van der Waals surface area (Å²) < 4.78 is 11.4. The van der Waals surface area contributed by atoms with Crippen LogP contribution in [0.25, 0.3) is 11.5 Å². The maximum Gasteiger partial charge on any atom is 0.247 e. The van der Waals surface area contributed by atoms with Crippen LogP contribution in [-0.4, -0.2) is 45.5 Å². The summed E-state index contributed by atoms with van der Waals surface area (Å²) >= 11 is 11.5. The zero-order valence-corrected chi connectivity index (χ0v) is 16.5. The van der Waals surface area contributed by atoms with Gasteiger partial charge in [-0.15, -0.1) is 10.2 Å². The van der Waals surface area contributed by atoms with Crippen molar-refractivity contribution < 1.29 is 9.15 Å². The number of thiocarbonyl (C=S) groups is 1. The number of hydrogen-bond donors (Lipinski definition) is 1. The summed E-state index contributed by atoms with van der Waals surface area (Å²) in [4.78, 5) is 2.03. The normalized spacial score (nSPS) is 16.8. The highest BCUT2D eigenvalue weighted by atomic mass is 35.5. The van der Waals surface area contributed by atoms with Crippen molar-refractivity contribution in [1.29, 1.82) is 0 Å². The fourth-order valence-corrected chi connectivity index (χ4v) is 3.25. The molecule has 26 heavy (non-hydrogen) atoms. The fourth-order valence-electron chi connectivity index (χ4n) is 2.77. The largest absolute Gasteiger partial charge is 0.419 e. The van der Waals surface area contributed by atoms with Crippen LogP contribution in [0, 0.1) is 0 Å². The van der Waals surface area contributed by atoms with Gasteiger partial charge in [0.05, 0.1) is 12.6 Å². The first-order valence-electron chi connectivity index (χ1n) is 8.77. The van der Waals surface area contributed by atoms with Crippen molar-refractivity contribution in [3.05, 3.63) is 35.2 Å². The molecule has 0 radical (unpaired) electrons. The third-order valence-corrected chi connectivity index (χ3v) is 4.88. The predicted octanol–water partition coefficient (Wildman–Crippen LogP) is 3.65. The Bertz CT molecular complexity index is 729. The summed E-state index contributed by atoms with van der Waals surface area (Å²) in [7, 11) is 0. The summed E-state index contributed by atoms with van der Waals surface area (Å²) in [6.07, 6.45) is 2.43. The van der Waals surface area contributed by atoms with Crippen molar-refractivity contribution in [2.45, 2.75) is 45.4 Å². The van der Waals surface area contributed by atoms with E-state index in [2.05, 4.69) is 29.4 Å². The highest BCUT2D eigenvalue weighted by Gasteiger charge is 2.20. The number of halogens is 1. The zero-order valence-electron chi connectivity index (χ0n) is 14.9. The molecule has 0 saturated carbocycles. The number of rotatable bonds is 6. The van der Waals surface area contributed by atoms with Crippen molar-refractivity contribution in [1.82, 2.24) is 20.4 Å². The molecule has 1 aromatic carbocycles. The van der Waals surface area contributed by atoms with Gasteiger partial charge in [-0.2, -0.15) is 0 Å². The minimum atomic E-state index is 0.199. The second kappa shape index (κ2) is 8.79. The molecular formula is C18H23ClN4O2S. The van der Waals surface area contributed by atoms with Gasteiger partial charge in [-0.1, -0.05) is 11.6 Å². The van der Waals surface area contributed by atoms with Crippen molar-refractivity contribution in [2.24, 2.45) is 0 Å². The van der Waals surface area contributed by atoms with Crippen LogP contribution in [0.5, 0.6) is 0 Å². The molecule has 6 nitrogen and oxygen atoms in total. The number of nitrogens with one attached hydrogen (secondary N) is 1. The predicted molar refractivity (Wildman–Crippen MR) is 105 cm³/mol. The number of hydrogen-bond acceptors (Lipinski definition) is 5. The van der Waals surface area contributed by atoms with Gasteiger partial charge < -0.3 is 19.4 Å². The molecule has 1 aliphatic rings. The van der Waals surface area contributed by atoms with Crippen LogP contribution < -0.4 is 5.32 Å². The summed E-state index contributed by atoms with van der Waals surface area (Å²) in [6, 6.07) is 7.50. The van der Waals surface area contributed by atoms with Crippen LogP contribution in [0.15, 0.2) is 28.7 Å². The molecular weight excluding hydrogens is 372 g/mol. The Kier molecular flexibility index (Phi) is 6.45. The lowest BCUT2D eigenvalue weighted by atomic mass is 10.2. The Labute approximate surface area is 163 Å². The third-order valence-electron chi connectivity index (χ3n) is 4.25. The monoisotopic (exact) mass is 394 g/mol. The number of benzene rings is 1. The molecule has 2 aromatic rings.